The number of hydrogen-bond donors (Lipinski definition) is 1. The van der Waals surface area contributed by atoms with Gasteiger partial charge >= 0.3 is 0 Å². The number of carbonyl (C=O) groups is 2. The van der Waals surface area contributed by atoms with Crippen LogP contribution in [-0.2, 0) is 17.9 Å². The molecule has 3 rings (SSSR count). The van der Waals surface area contributed by atoms with Gasteiger partial charge in [-0.15, -0.1) is 0 Å². The van der Waals surface area contributed by atoms with Crippen LogP contribution in [0.2, 0.25) is 0 Å². The first-order chi connectivity index (χ1) is 12.8. The molecule has 0 unspecified atom stereocenters. The Morgan fingerprint density at radius 1 is 1.26 bits per heavy atom. The van der Waals surface area contributed by atoms with E-state index in [4.69, 9.17) is 39.5 Å². The van der Waals surface area contributed by atoms with Gasteiger partial charge in [0.2, 0.25) is 5.78 Å². The SMILES string of the molecule is CC[C@@H](NC(=O)c1cc(C(=O)C(Cl)(Cl)Cl)n2c1COCC2)c1ccccc1. The Morgan fingerprint density at radius 3 is 2.59 bits per heavy atom. The summed E-state index contributed by atoms with van der Waals surface area (Å²) in [4.78, 5) is 25.4. The van der Waals surface area contributed by atoms with Crippen molar-refractivity contribution in [3.05, 3.63) is 58.9 Å². The van der Waals surface area contributed by atoms with E-state index < -0.39 is 9.58 Å². The molecule has 2 heterocycles. The van der Waals surface area contributed by atoms with Crippen molar-refractivity contribution in [1.29, 1.82) is 0 Å². The fourth-order valence-corrected chi connectivity index (χ4v) is 3.49. The van der Waals surface area contributed by atoms with Crippen molar-refractivity contribution in [3.63, 3.8) is 0 Å². The van der Waals surface area contributed by atoms with Crippen LogP contribution in [-0.4, -0.2) is 26.7 Å². The van der Waals surface area contributed by atoms with Crippen molar-refractivity contribution >= 4 is 46.5 Å². The molecule has 27 heavy (non-hydrogen) atoms. The van der Waals surface area contributed by atoms with Crippen molar-refractivity contribution in [2.24, 2.45) is 0 Å². The van der Waals surface area contributed by atoms with Crippen LogP contribution in [0, 0.1) is 0 Å². The summed E-state index contributed by atoms with van der Waals surface area (Å²) >= 11 is 17.3. The largest absolute Gasteiger partial charge is 0.373 e. The van der Waals surface area contributed by atoms with Crippen molar-refractivity contribution in [1.82, 2.24) is 9.88 Å². The molecule has 8 heteroatoms. The summed E-state index contributed by atoms with van der Waals surface area (Å²) < 4.78 is 5.08. The smallest absolute Gasteiger partial charge is 0.255 e. The first kappa shape index (κ1) is 20.2. The Bertz CT molecular complexity index is 844. The van der Waals surface area contributed by atoms with Gasteiger partial charge in [0.05, 0.1) is 36.2 Å². The molecule has 0 aliphatic carbocycles. The number of ether oxygens (including phenoxy) is 1. The summed E-state index contributed by atoms with van der Waals surface area (Å²) in [7, 11) is 0. The molecule has 0 spiro atoms. The third kappa shape index (κ3) is 4.32. The molecular weight excluding hydrogens is 411 g/mol. The van der Waals surface area contributed by atoms with E-state index in [0.29, 0.717) is 24.4 Å². The third-order valence-electron chi connectivity index (χ3n) is 4.56. The highest BCUT2D eigenvalue weighted by Crippen LogP contribution is 2.33. The number of hydrogen-bond acceptors (Lipinski definition) is 3. The number of nitrogens with one attached hydrogen (secondary N) is 1. The fraction of sp³-hybridized carbons (Fsp3) is 0.368. The maximum atomic E-state index is 13.0. The number of ketones is 1. The number of nitrogens with zero attached hydrogens (tertiary/aromatic N) is 1. The molecule has 0 bridgehead atoms. The van der Waals surface area contributed by atoms with E-state index in [1.807, 2.05) is 37.3 Å². The highest BCUT2D eigenvalue weighted by Gasteiger charge is 2.36. The number of halogens is 3. The maximum Gasteiger partial charge on any atom is 0.255 e. The van der Waals surface area contributed by atoms with Gasteiger partial charge in [-0.3, -0.25) is 9.59 Å². The average molecular weight is 430 g/mol. The first-order valence-corrected chi connectivity index (χ1v) is 9.73. The molecule has 144 valence electrons. The predicted molar refractivity (Wildman–Crippen MR) is 106 cm³/mol. The van der Waals surface area contributed by atoms with Crippen molar-refractivity contribution in [2.45, 2.75) is 36.3 Å². The van der Waals surface area contributed by atoms with Gasteiger partial charge in [0, 0.05) is 6.54 Å². The lowest BCUT2D eigenvalue weighted by molar-refractivity contribution is 0.0784. The molecule has 2 aromatic rings. The number of amides is 1. The molecular formula is C19H19Cl3N2O3. The zero-order valence-electron chi connectivity index (χ0n) is 14.7. The lowest BCUT2D eigenvalue weighted by atomic mass is 10.0. The molecule has 1 aliphatic rings. The Balaban J connectivity index is 1.93. The molecule has 1 atom stereocenters. The highest BCUT2D eigenvalue weighted by atomic mass is 35.6. The van der Waals surface area contributed by atoms with Crippen LogP contribution in [0.15, 0.2) is 36.4 Å². The summed E-state index contributed by atoms with van der Waals surface area (Å²) in [6, 6.07) is 11.0. The van der Waals surface area contributed by atoms with Crippen LogP contribution in [0.3, 0.4) is 0 Å². The standard InChI is InChI=1S/C19H19Cl3N2O3/c1-2-14(12-6-4-3-5-7-12)23-18(26)13-10-15(17(25)19(20,21)22)24-8-9-27-11-16(13)24/h3-7,10,14H,2,8-9,11H2,1H3,(H,23,26)/t14-/m1/s1. The van der Waals surface area contributed by atoms with Gasteiger partial charge in [-0.05, 0) is 18.1 Å². The van der Waals surface area contributed by atoms with Gasteiger partial charge in [0.15, 0.2) is 0 Å². The summed E-state index contributed by atoms with van der Waals surface area (Å²) in [6.07, 6.45) is 0.724. The highest BCUT2D eigenvalue weighted by molar-refractivity contribution is 6.77. The number of fused-ring (bicyclic) bond motifs is 1. The number of carbonyl (C=O) groups excluding carboxylic acids is 2. The lowest BCUT2D eigenvalue weighted by Gasteiger charge is -2.21. The number of benzene rings is 1. The number of aromatic nitrogens is 1. The Labute approximate surface area is 172 Å². The Kier molecular flexibility index (Phi) is 6.16. The minimum absolute atomic E-state index is 0.147. The van der Waals surface area contributed by atoms with Gasteiger partial charge in [0.25, 0.3) is 9.70 Å². The van der Waals surface area contributed by atoms with Gasteiger partial charge in [-0.2, -0.15) is 0 Å². The minimum Gasteiger partial charge on any atom is -0.373 e. The Morgan fingerprint density at radius 2 is 1.96 bits per heavy atom. The van der Waals surface area contributed by atoms with Crippen LogP contribution >= 0.6 is 34.8 Å². The van der Waals surface area contributed by atoms with E-state index in [2.05, 4.69) is 5.32 Å². The van der Waals surface area contributed by atoms with Crippen molar-refractivity contribution in [2.75, 3.05) is 6.61 Å². The lowest BCUT2D eigenvalue weighted by Crippen LogP contribution is -2.30. The topological polar surface area (TPSA) is 60.3 Å². The van der Waals surface area contributed by atoms with E-state index in [1.54, 1.807) is 4.57 Å². The van der Waals surface area contributed by atoms with Gasteiger partial charge in [0.1, 0.15) is 0 Å². The van der Waals surface area contributed by atoms with Crippen LogP contribution in [0.4, 0.5) is 0 Å². The number of alkyl halides is 3. The molecule has 0 saturated carbocycles. The average Bonchev–Trinajstić information content (AvgIpc) is 3.05. The van der Waals surface area contributed by atoms with Crippen LogP contribution in [0.25, 0.3) is 0 Å². The minimum atomic E-state index is -2.09. The second-order valence-electron chi connectivity index (χ2n) is 6.27. The maximum absolute atomic E-state index is 13.0. The van der Waals surface area contributed by atoms with Gasteiger partial charge in [-0.1, -0.05) is 72.1 Å². The third-order valence-corrected chi connectivity index (χ3v) is 5.07. The molecule has 0 radical (unpaired) electrons. The Hall–Kier alpha value is -1.53. The monoisotopic (exact) mass is 428 g/mol. The number of Topliss-reactive ketones (excluding diaryl/α,β-unsaturated/α-hetero) is 1. The summed E-state index contributed by atoms with van der Waals surface area (Å²) in [5, 5.41) is 3.02. The molecule has 1 aromatic carbocycles. The summed E-state index contributed by atoms with van der Waals surface area (Å²) in [6.45, 7) is 3.05. The molecule has 1 N–H and O–H groups in total. The van der Waals surface area contributed by atoms with E-state index in [-0.39, 0.29) is 24.2 Å². The first-order valence-electron chi connectivity index (χ1n) is 8.60. The normalized spacial score (nSPS) is 15.1. The second-order valence-corrected chi connectivity index (χ2v) is 8.55. The van der Waals surface area contributed by atoms with Crippen LogP contribution < -0.4 is 5.32 Å². The fourth-order valence-electron chi connectivity index (χ4n) is 3.20. The molecule has 0 fully saturated rings. The number of rotatable bonds is 5. The van der Waals surface area contributed by atoms with E-state index >= 15 is 0 Å². The molecule has 0 saturated heterocycles. The molecule has 1 aromatic heterocycles. The second kappa shape index (κ2) is 8.23. The zero-order chi connectivity index (χ0) is 19.6. The van der Waals surface area contributed by atoms with Gasteiger partial charge < -0.3 is 14.6 Å². The van der Waals surface area contributed by atoms with Crippen LogP contribution in [0.5, 0.6) is 0 Å². The van der Waals surface area contributed by atoms with Crippen molar-refractivity contribution < 1.29 is 14.3 Å². The molecule has 5 nitrogen and oxygen atoms in total. The van der Waals surface area contributed by atoms with E-state index in [1.165, 1.54) is 6.07 Å². The zero-order valence-corrected chi connectivity index (χ0v) is 16.9. The van der Waals surface area contributed by atoms with E-state index in [9.17, 15) is 9.59 Å². The van der Waals surface area contributed by atoms with E-state index in [0.717, 1.165) is 12.0 Å². The summed E-state index contributed by atoms with van der Waals surface area (Å²) in [5.74, 6) is -0.951. The quantitative estimate of drug-likeness (QED) is 0.564. The summed E-state index contributed by atoms with van der Waals surface area (Å²) in [5.41, 5.74) is 2.18. The molecule has 1 amide bonds. The van der Waals surface area contributed by atoms with Crippen LogP contribution in [0.1, 0.15) is 51.5 Å². The van der Waals surface area contributed by atoms with Crippen molar-refractivity contribution in [3.8, 4) is 0 Å². The predicted octanol–water partition coefficient (Wildman–Crippen LogP) is 4.45. The molecule has 1 aliphatic heterocycles. The van der Waals surface area contributed by atoms with Gasteiger partial charge in [-0.25, -0.2) is 0 Å².